The number of nitriles is 1. The number of nitrogens with zero attached hydrogens (tertiary/aromatic N) is 1. The number of hydrogen-bond acceptors (Lipinski definition) is 16. The summed E-state index contributed by atoms with van der Waals surface area (Å²) in [5, 5.41) is 19.7. The third-order valence-corrected chi connectivity index (χ3v) is 35.3. The predicted octanol–water partition coefficient (Wildman–Crippen LogP) is 31.7. The number of carbonyl (C=O) groups excluding carboxylic acids is 4. The molecule has 1 N–H and O–H groups in total. The van der Waals surface area contributed by atoms with Gasteiger partial charge in [-0.1, -0.05) is 279 Å². The number of allylic oxidation sites excluding steroid dienone is 1. The van der Waals surface area contributed by atoms with Crippen LogP contribution in [0.5, 0.6) is 0 Å². The number of unbranched alkanes of at least 4 members (excludes halogenated alkanes) is 6. The monoisotopic (exact) mass is 1850 g/mol. The summed E-state index contributed by atoms with van der Waals surface area (Å²) in [6.07, 6.45) is 37.0. The summed E-state index contributed by atoms with van der Waals surface area (Å²) in [5.74, 6) is 3.35. The maximum atomic E-state index is 14.5. The van der Waals surface area contributed by atoms with Crippen molar-refractivity contribution in [1.29, 1.82) is 5.26 Å². The Morgan fingerprint density at radius 1 is 0.395 bits per heavy atom. The molecule has 0 bridgehead atoms. The number of carbonyl (C=O) groups is 4. The third kappa shape index (κ3) is 30.7. The van der Waals surface area contributed by atoms with Crippen molar-refractivity contribution < 1.29 is 59.6 Å². The van der Waals surface area contributed by atoms with Crippen molar-refractivity contribution >= 4 is 137 Å². The van der Waals surface area contributed by atoms with Gasteiger partial charge in [0.25, 0.3) is 5.91 Å². The van der Waals surface area contributed by atoms with Crippen molar-refractivity contribution in [3.63, 3.8) is 0 Å². The second kappa shape index (κ2) is 53.0. The standard InChI is InChI=1S/C63H81NO2S6.C29H39NS3.C14H26O4.Na.H/c1-9-17-21-40(13-5)33-44-29-31-67-59(44)50-25-27-52(69-50)61-46(35-42(15-7)23-19-11-3)37-54(71-61)48-39-49(65)57-56(48)63(66)64-58(57)55-38-47(36-43(16-8)24-20-12-4)62(72-55)53-28-26-51(70-53)60-45(30-32-68-60)34-41(14-6)22-18-10-2;1-5-9-11-21(7-3)17-23-15-16-31-28(23)26-13-14-27(33-26)29-24(19-25(20-30)32-29)18-22(8-4)12-10-6-2;1-13(2,3)9-17-11(15)7-8-12(16)18-10-14(4,5)6;;/h25-32,37-38,40-43H,9-24,33-36,39H2,1-8H3,(H,64,66);13-16,19,21-22H,5-12,17-18H2,1-4H3;7-10H2,1-6H3;;/q;;;+1;-1. The van der Waals surface area contributed by atoms with E-state index in [4.69, 9.17) is 9.47 Å². The first kappa shape index (κ1) is 105. The maximum absolute atomic E-state index is 14.5. The van der Waals surface area contributed by atoms with Crippen LogP contribution >= 0.6 is 102 Å². The molecule has 18 heteroatoms. The van der Waals surface area contributed by atoms with Gasteiger partial charge in [-0.05, 0) is 213 Å². The van der Waals surface area contributed by atoms with Gasteiger partial charge in [0, 0.05) is 69.8 Å². The zero-order chi connectivity index (χ0) is 88.8. The van der Waals surface area contributed by atoms with E-state index in [2.05, 4.69) is 183 Å². The SMILES string of the molecule is CC(C)(C)COC(=O)CCC(=O)OCC(C)(C)C.CCCCC(CC)Cc1ccsc1-c1ccc(-c2sc(C#N)cc2CC(CC)CCCC)s1.CCCCC(CC)Cc1ccsc1-c1ccc(-c2sc(C3=C4C(=O)NC(c5cc(CC(CC)CCCC)c(-c6ccc(-c7sccc7CC(CC)CCCC)s6)s5)=C4C(=O)C3)cc2CC(CC)CCCC)s1.[H-].[Na+]. The molecule has 9 aromatic rings. The molecule has 9 aromatic heterocycles. The van der Waals surface area contributed by atoms with Crippen molar-refractivity contribution in [2.24, 2.45) is 46.3 Å². The van der Waals surface area contributed by atoms with Gasteiger partial charge in [-0.25, -0.2) is 0 Å². The van der Waals surface area contributed by atoms with E-state index >= 15 is 0 Å². The van der Waals surface area contributed by atoms with Crippen LogP contribution < -0.4 is 34.9 Å². The molecule has 2 aliphatic rings. The van der Waals surface area contributed by atoms with E-state index in [1.165, 1.54) is 240 Å². The molecule has 1 aliphatic heterocycles. The average molecular weight is 1860 g/mol. The molecule has 6 unspecified atom stereocenters. The largest absolute Gasteiger partial charge is 1.00 e. The molecule has 11 rings (SSSR count). The molecule has 6 atom stereocenters. The molecule has 10 heterocycles. The summed E-state index contributed by atoms with van der Waals surface area (Å²) in [6, 6.07) is 30.3. The minimum Gasteiger partial charge on any atom is -1.00 e. The number of nitrogens with one attached hydrogen (secondary N) is 1. The van der Waals surface area contributed by atoms with Gasteiger partial charge in [-0.3, -0.25) is 19.2 Å². The topological polar surface area (TPSA) is 123 Å². The minimum atomic E-state index is -0.349. The summed E-state index contributed by atoms with van der Waals surface area (Å²) < 4.78 is 10.1. The summed E-state index contributed by atoms with van der Waals surface area (Å²) in [4.78, 5) is 70.9. The van der Waals surface area contributed by atoms with Crippen LogP contribution in [0.25, 0.3) is 69.8 Å². The van der Waals surface area contributed by atoms with E-state index in [-0.39, 0.29) is 84.7 Å². The number of fused-ring (bicyclic) bond motifs is 1. The van der Waals surface area contributed by atoms with Crippen LogP contribution in [0.15, 0.2) is 100 Å². The van der Waals surface area contributed by atoms with Gasteiger partial charge in [-0.2, -0.15) is 5.26 Å². The fourth-order valence-electron chi connectivity index (χ4n) is 16.8. The van der Waals surface area contributed by atoms with E-state index in [0.717, 1.165) is 88.6 Å². The van der Waals surface area contributed by atoms with Crippen LogP contribution in [0, 0.1) is 57.7 Å². The molecule has 0 saturated heterocycles. The van der Waals surface area contributed by atoms with Gasteiger partial charge in [0.05, 0.1) is 47.8 Å². The number of esters is 2. The molecule has 0 spiro atoms. The minimum absolute atomic E-state index is 0. The molecule has 0 radical (unpaired) electrons. The van der Waals surface area contributed by atoms with E-state index < -0.39 is 0 Å². The van der Waals surface area contributed by atoms with Crippen molar-refractivity contribution in [3.05, 3.63) is 148 Å². The van der Waals surface area contributed by atoms with Crippen molar-refractivity contribution in [1.82, 2.24) is 5.32 Å². The first-order valence-corrected chi connectivity index (χ1v) is 54.7. The Labute approximate surface area is 808 Å². The summed E-state index contributed by atoms with van der Waals surface area (Å²) in [5.41, 5.74) is 11.3. The Morgan fingerprint density at radius 2 is 0.694 bits per heavy atom. The zero-order valence-corrected chi connectivity index (χ0v) is 88.3. The third-order valence-electron chi connectivity index (χ3n) is 24.5. The number of rotatable bonds is 49. The van der Waals surface area contributed by atoms with E-state index in [1.54, 1.807) is 22.7 Å². The first-order chi connectivity index (χ1) is 59.3. The van der Waals surface area contributed by atoms with Crippen molar-refractivity contribution in [3.8, 4) is 64.6 Å². The molecular weight excluding hydrogens is 1710 g/mol. The van der Waals surface area contributed by atoms with Crippen molar-refractivity contribution in [2.45, 2.75) is 337 Å². The fourth-order valence-corrected chi connectivity index (χ4v) is 27.0. The molecule has 1 aliphatic carbocycles. The number of ether oxygens (including phenoxy) is 2. The van der Waals surface area contributed by atoms with Crippen LogP contribution in [0.1, 0.15) is 347 Å². The van der Waals surface area contributed by atoms with Crippen LogP contribution in [0.2, 0.25) is 0 Å². The van der Waals surface area contributed by atoms with E-state index in [9.17, 15) is 24.4 Å². The van der Waals surface area contributed by atoms with Gasteiger partial charge in [0.1, 0.15) is 10.9 Å². The number of Topliss-reactive ketones (excluding diaryl/α,β-unsaturated/α-hetero) is 1. The van der Waals surface area contributed by atoms with Crippen LogP contribution in [-0.4, -0.2) is 36.8 Å². The summed E-state index contributed by atoms with van der Waals surface area (Å²) >= 11 is 16.7. The average Bonchev–Trinajstić information content (AvgIpc) is 1.57. The molecule has 0 aromatic carbocycles. The normalized spacial score (nSPS) is 14.3. The van der Waals surface area contributed by atoms with Gasteiger partial charge in [-0.15, -0.1) is 102 Å². The summed E-state index contributed by atoms with van der Waals surface area (Å²) in [7, 11) is 0. The Kier molecular flexibility index (Phi) is 44.8. The Hall–Kier alpha value is -4.65. The number of ketones is 1. The Balaban J connectivity index is 0.000000332. The molecule has 0 fully saturated rings. The molecule has 0 saturated carbocycles. The number of hydrogen-bond donors (Lipinski definition) is 1. The van der Waals surface area contributed by atoms with E-state index in [0.29, 0.717) is 42.1 Å². The zero-order valence-electron chi connectivity index (χ0n) is 79.9. The molecule has 124 heavy (non-hydrogen) atoms. The second-order valence-electron chi connectivity index (χ2n) is 37.1. The smallest absolute Gasteiger partial charge is 1.00 e. The Bertz CT molecular complexity index is 4660. The van der Waals surface area contributed by atoms with Gasteiger partial charge >= 0.3 is 41.5 Å². The molecule has 1 amide bonds. The molecule has 672 valence electrons. The van der Waals surface area contributed by atoms with Crippen LogP contribution in [-0.2, 0) is 67.2 Å². The molecular formula is C106H147N2NaO6S9. The van der Waals surface area contributed by atoms with Gasteiger partial charge < -0.3 is 16.2 Å². The van der Waals surface area contributed by atoms with Crippen LogP contribution in [0.3, 0.4) is 0 Å². The first-order valence-electron chi connectivity index (χ1n) is 47.2. The number of thiophene rings is 9. The van der Waals surface area contributed by atoms with Crippen molar-refractivity contribution in [2.75, 3.05) is 13.2 Å². The van der Waals surface area contributed by atoms with Gasteiger partial charge in [0.15, 0.2) is 5.78 Å². The van der Waals surface area contributed by atoms with E-state index in [1.807, 2.05) is 121 Å². The molecule has 8 nitrogen and oxygen atoms in total. The maximum Gasteiger partial charge on any atom is 1.00 e. The quantitative estimate of drug-likeness (QED) is 0.0298. The predicted molar refractivity (Wildman–Crippen MR) is 542 cm³/mol. The fraction of sp³-hybridized carbons (Fsp3) is 0.575. The second-order valence-corrected chi connectivity index (χ2v) is 46.3. The van der Waals surface area contributed by atoms with Gasteiger partial charge in [0.2, 0.25) is 0 Å². The Morgan fingerprint density at radius 3 is 1.01 bits per heavy atom. The van der Waals surface area contributed by atoms with Crippen LogP contribution in [0.4, 0.5) is 0 Å². The summed E-state index contributed by atoms with van der Waals surface area (Å²) in [6.45, 7) is 40.4. The number of amides is 1.